The van der Waals surface area contributed by atoms with Gasteiger partial charge in [-0.25, -0.2) is 0 Å². The maximum Gasteiger partial charge on any atom is 0.460 e. The molecule has 34 heavy (non-hydrogen) atoms. The van der Waals surface area contributed by atoms with Crippen LogP contribution in [0.5, 0.6) is 0 Å². The van der Waals surface area contributed by atoms with Gasteiger partial charge in [-0.2, -0.15) is 57.1 Å². The average Bonchev–Trinajstić information content (AvgIpc) is 2.70. The van der Waals surface area contributed by atoms with Gasteiger partial charge in [-0.3, -0.25) is 0 Å². The van der Waals surface area contributed by atoms with E-state index in [1.54, 1.807) is 18.2 Å². The van der Waals surface area contributed by atoms with Crippen molar-refractivity contribution in [3.63, 3.8) is 0 Å². The lowest BCUT2D eigenvalue weighted by atomic mass is 9.92. The van der Waals surface area contributed by atoms with Crippen LogP contribution < -0.4 is 5.19 Å². The number of hydrogen-bond acceptors (Lipinski definition) is 0. The van der Waals surface area contributed by atoms with E-state index >= 15 is 0 Å². The molecular formula is C19H18F13ISi. The topological polar surface area (TPSA) is 0 Å². The van der Waals surface area contributed by atoms with Crippen molar-refractivity contribution in [1.29, 1.82) is 0 Å². The van der Waals surface area contributed by atoms with Gasteiger partial charge in [0.25, 0.3) is 0 Å². The smallest absolute Gasteiger partial charge is 0.199 e. The molecule has 0 aromatic heterocycles. The summed E-state index contributed by atoms with van der Waals surface area (Å²) in [5, 5.41) is 0.951. The van der Waals surface area contributed by atoms with Gasteiger partial charge in [-0.15, -0.1) is 0 Å². The van der Waals surface area contributed by atoms with Crippen molar-refractivity contribution < 1.29 is 57.1 Å². The summed E-state index contributed by atoms with van der Waals surface area (Å²) in [7, 11) is -2.22. The van der Waals surface area contributed by atoms with E-state index < -0.39 is 50.3 Å². The fourth-order valence-corrected chi connectivity index (χ4v) is 6.23. The lowest BCUT2D eigenvalue weighted by Gasteiger charge is -2.39. The largest absolute Gasteiger partial charge is 0.460 e. The maximum atomic E-state index is 13.8. The van der Waals surface area contributed by atoms with Gasteiger partial charge in [0.2, 0.25) is 0 Å². The van der Waals surface area contributed by atoms with Crippen molar-refractivity contribution >= 4 is 35.9 Å². The highest BCUT2D eigenvalue weighted by molar-refractivity contribution is 14.1. The molecule has 1 aromatic carbocycles. The molecule has 0 saturated carbocycles. The standard InChI is InChI=1S/C19H18F13ISi/c1-34(2,12-8-4-3-5-9-12)13(33)10-6-7-11-14(20,21)15(22,23)16(24,25)17(26,27)18(28,29)19(30,31)32/h3-9,13H,10-11H2,1-2H3/b7-6+. The number of halogens is 14. The molecule has 0 fully saturated rings. The van der Waals surface area contributed by atoms with Crippen LogP contribution in [0.2, 0.25) is 13.1 Å². The van der Waals surface area contributed by atoms with Crippen LogP contribution in [0.4, 0.5) is 57.1 Å². The Hall–Kier alpha value is -1.00. The normalized spacial score (nSPS) is 16.2. The minimum Gasteiger partial charge on any atom is -0.199 e. The first-order chi connectivity index (χ1) is 15.0. The van der Waals surface area contributed by atoms with Gasteiger partial charge in [-0.05, 0) is 6.42 Å². The van der Waals surface area contributed by atoms with Crippen LogP contribution in [0.25, 0.3) is 0 Å². The molecule has 0 nitrogen and oxygen atoms in total. The Morgan fingerprint density at radius 2 is 1.15 bits per heavy atom. The summed E-state index contributed by atoms with van der Waals surface area (Å²) < 4.78 is 170. The summed E-state index contributed by atoms with van der Waals surface area (Å²) in [4.78, 5) is 0. The highest BCUT2D eigenvalue weighted by atomic mass is 127. The van der Waals surface area contributed by atoms with Crippen molar-refractivity contribution in [2.75, 3.05) is 0 Å². The van der Waals surface area contributed by atoms with Crippen LogP contribution in [-0.2, 0) is 0 Å². The summed E-state index contributed by atoms with van der Waals surface area (Å²) in [6, 6.07) is 8.89. The second kappa shape index (κ2) is 9.80. The van der Waals surface area contributed by atoms with Gasteiger partial charge in [0, 0.05) is 9.97 Å². The molecule has 0 radical (unpaired) electrons. The molecule has 0 aliphatic rings. The number of alkyl halides is 14. The van der Waals surface area contributed by atoms with E-state index in [9.17, 15) is 57.1 Å². The lowest BCUT2D eigenvalue weighted by molar-refractivity contribution is -0.439. The van der Waals surface area contributed by atoms with E-state index in [2.05, 4.69) is 0 Å². The van der Waals surface area contributed by atoms with E-state index in [0.717, 1.165) is 11.3 Å². The quantitative estimate of drug-likeness (QED) is 0.0793. The Kier molecular flexibility index (Phi) is 8.95. The molecule has 0 aliphatic heterocycles. The fourth-order valence-electron chi connectivity index (χ4n) is 2.72. The van der Waals surface area contributed by atoms with Crippen molar-refractivity contribution in [2.45, 2.75) is 65.3 Å². The molecule has 0 saturated heterocycles. The summed E-state index contributed by atoms with van der Waals surface area (Å²) in [6.45, 7) is 3.80. The SMILES string of the molecule is C[Si](C)(c1ccccc1)C(I)C/C=C/CC(F)(F)C(F)(F)C(F)(F)C(F)(F)C(F)(F)C(F)(F)F. The van der Waals surface area contributed by atoms with Crippen LogP contribution in [0.3, 0.4) is 0 Å². The molecule has 0 bridgehead atoms. The average molecular weight is 648 g/mol. The van der Waals surface area contributed by atoms with Gasteiger partial charge in [-0.1, -0.05) is 83.4 Å². The van der Waals surface area contributed by atoms with E-state index in [0.29, 0.717) is 0 Å². The molecule has 1 rings (SSSR count). The predicted octanol–water partition coefficient (Wildman–Crippen LogP) is 8.02. The van der Waals surface area contributed by atoms with Gasteiger partial charge in [0.1, 0.15) is 0 Å². The molecule has 0 amide bonds. The van der Waals surface area contributed by atoms with E-state index in [-0.39, 0.29) is 16.0 Å². The summed E-state index contributed by atoms with van der Waals surface area (Å²) in [6.07, 6.45) is -8.56. The van der Waals surface area contributed by atoms with Gasteiger partial charge < -0.3 is 0 Å². The Bertz CT molecular complexity index is 848. The van der Waals surface area contributed by atoms with E-state index in [1.807, 2.05) is 47.8 Å². The minimum atomic E-state index is -7.87. The maximum absolute atomic E-state index is 13.8. The van der Waals surface area contributed by atoms with E-state index in [1.165, 1.54) is 0 Å². The molecule has 0 heterocycles. The van der Waals surface area contributed by atoms with Gasteiger partial charge >= 0.3 is 35.8 Å². The van der Waals surface area contributed by atoms with Crippen molar-refractivity contribution in [1.82, 2.24) is 0 Å². The third-order valence-electron chi connectivity index (χ3n) is 5.18. The lowest BCUT2D eigenvalue weighted by Crippen LogP contribution is -2.70. The summed E-state index contributed by atoms with van der Waals surface area (Å²) in [5.74, 6) is -36.6. The first-order valence-electron chi connectivity index (χ1n) is 9.29. The zero-order valence-corrected chi connectivity index (χ0v) is 20.5. The first-order valence-corrected chi connectivity index (χ1v) is 13.6. The van der Waals surface area contributed by atoms with Gasteiger partial charge in [0.15, 0.2) is 0 Å². The van der Waals surface area contributed by atoms with Crippen LogP contribution in [0, 0.1) is 0 Å². The summed E-state index contributed by atoms with van der Waals surface area (Å²) in [5.41, 5.74) is 0. The Morgan fingerprint density at radius 3 is 1.59 bits per heavy atom. The third kappa shape index (κ3) is 5.38. The van der Waals surface area contributed by atoms with Crippen molar-refractivity contribution in [3.8, 4) is 0 Å². The number of benzene rings is 1. The van der Waals surface area contributed by atoms with E-state index in [4.69, 9.17) is 0 Å². The molecule has 1 unspecified atom stereocenters. The van der Waals surface area contributed by atoms with Crippen LogP contribution >= 0.6 is 22.6 Å². The van der Waals surface area contributed by atoms with Gasteiger partial charge in [0.05, 0.1) is 8.07 Å². The Labute approximate surface area is 200 Å². The number of rotatable bonds is 10. The minimum absolute atomic E-state index is 0.0188. The monoisotopic (exact) mass is 648 g/mol. The molecular weight excluding hydrogens is 630 g/mol. The zero-order valence-electron chi connectivity index (χ0n) is 17.3. The molecule has 1 aromatic rings. The molecule has 0 N–H and O–H groups in total. The van der Waals surface area contributed by atoms with Crippen LogP contribution in [0.1, 0.15) is 12.8 Å². The second-order valence-corrected chi connectivity index (χ2v) is 15.4. The third-order valence-corrected chi connectivity index (χ3v) is 14.0. The van der Waals surface area contributed by atoms with Crippen molar-refractivity contribution in [2.24, 2.45) is 0 Å². The highest BCUT2D eigenvalue weighted by Crippen LogP contribution is 2.60. The molecule has 15 heteroatoms. The Morgan fingerprint density at radius 1 is 0.706 bits per heavy atom. The molecule has 0 spiro atoms. The number of hydrogen-bond donors (Lipinski definition) is 0. The molecule has 1 atom stereocenters. The number of allylic oxidation sites excluding steroid dienone is 2. The predicted molar refractivity (Wildman–Crippen MR) is 111 cm³/mol. The summed E-state index contributed by atoms with van der Waals surface area (Å²) >= 11 is 1.97. The van der Waals surface area contributed by atoms with Crippen molar-refractivity contribution in [3.05, 3.63) is 42.5 Å². The second-order valence-electron chi connectivity index (χ2n) is 7.97. The molecule has 0 aliphatic carbocycles. The molecule has 196 valence electrons. The van der Waals surface area contributed by atoms with Crippen LogP contribution in [0.15, 0.2) is 42.5 Å². The van der Waals surface area contributed by atoms with Crippen LogP contribution in [-0.4, -0.2) is 47.4 Å². The highest BCUT2D eigenvalue weighted by Gasteiger charge is 2.90. The first kappa shape index (κ1) is 31.0. The Balaban J connectivity index is 3.07. The fraction of sp³-hybridized carbons (Fsp3) is 0.579. The zero-order chi connectivity index (χ0) is 27.0.